The van der Waals surface area contributed by atoms with E-state index in [1.807, 2.05) is 38.9 Å². The van der Waals surface area contributed by atoms with E-state index >= 15 is 0 Å². The van der Waals surface area contributed by atoms with Gasteiger partial charge in [0, 0.05) is 18.8 Å². The second-order valence-electron chi connectivity index (χ2n) is 8.15. The fourth-order valence-corrected chi connectivity index (χ4v) is 5.59. The van der Waals surface area contributed by atoms with Crippen molar-refractivity contribution >= 4 is 34.2 Å². The molecule has 158 valence electrons. The van der Waals surface area contributed by atoms with Crippen LogP contribution in [-0.4, -0.2) is 78.3 Å². The van der Waals surface area contributed by atoms with Gasteiger partial charge in [-0.1, -0.05) is 13.8 Å². The molecule has 28 heavy (non-hydrogen) atoms. The summed E-state index contributed by atoms with van der Waals surface area (Å²) in [5, 5.41) is 0. The summed E-state index contributed by atoms with van der Waals surface area (Å²) in [5.41, 5.74) is 1.40. The summed E-state index contributed by atoms with van der Waals surface area (Å²) < 4.78 is 25.4. The van der Waals surface area contributed by atoms with Crippen LogP contribution < -0.4 is 0 Å². The number of halogens is 1. The van der Waals surface area contributed by atoms with E-state index in [1.165, 1.54) is 0 Å². The number of hydrogen-bond acceptors (Lipinski definition) is 5. The van der Waals surface area contributed by atoms with Crippen LogP contribution in [-0.2, 0) is 21.4 Å². The van der Waals surface area contributed by atoms with Gasteiger partial charge >= 0.3 is 0 Å². The lowest BCUT2D eigenvalue weighted by atomic mass is 9.88. The molecular formula is C18H29ClN4O4S. The summed E-state index contributed by atoms with van der Waals surface area (Å²) in [6.07, 6.45) is 1.54. The van der Waals surface area contributed by atoms with Crippen molar-refractivity contribution in [2.24, 2.45) is 11.8 Å². The first kappa shape index (κ1) is 22.7. The molecule has 3 atom stereocenters. The Morgan fingerprint density at radius 2 is 1.96 bits per heavy atom. The van der Waals surface area contributed by atoms with Crippen molar-refractivity contribution in [1.82, 2.24) is 19.1 Å². The smallest absolute Gasteiger partial charge is 0.270 e. The first-order chi connectivity index (χ1) is 12.5. The fourth-order valence-electron chi connectivity index (χ4n) is 4.42. The Bertz CT molecular complexity index is 852. The van der Waals surface area contributed by atoms with Crippen LogP contribution in [0.3, 0.4) is 0 Å². The molecule has 3 heterocycles. The van der Waals surface area contributed by atoms with Crippen molar-refractivity contribution in [3.8, 4) is 0 Å². The maximum atomic E-state index is 13.1. The van der Waals surface area contributed by atoms with Crippen LogP contribution in [0.2, 0.25) is 0 Å². The third kappa shape index (κ3) is 3.92. The van der Waals surface area contributed by atoms with Gasteiger partial charge in [0.2, 0.25) is 15.9 Å². The van der Waals surface area contributed by atoms with Crippen LogP contribution >= 0.6 is 12.4 Å². The lowest BCUT2D eigenvalue weighted by Gasteiger charge is -2.29. The van der Waals surface area contributed by atoms with Crippen LogP contribution in [0.4, 0.5) is 0 Å². The summed E-state index contributed by atoms with van der Waals surface area (Å²) in [4.78, 5) is 32.8. The monoisotopic (exact) mass is 432 g/mol. The quantitative estimate of drug-likeness (QED) is 0.753. The lowest BCUT2D eigenvalue weighted by Crippen LogP contribution is -2.44. The molecule has 10 heteroatoms. The van der Waals surface area contributed by atoms with Crippen LogP contribution in [0, 0.1) is 11.8 Å². The van der Waals surface area contributed by atoms with E-state index in [4.69, 9.17) is 0 Å². The molecule has 2 fully saturated rings. The van der Waals surface area contributed by atoms with Crippen LogP contribution in [0.15, 0.2) is 12.1 Å². The van der Waals surface area contributed by atoms with Crippen molar-refractivity contribution in [2.45, 2.75) is 38.9 Å². The number of nitrogens with zero attached hydrogens (tertiary/aromatic N) is 3. The van der Waals surface area contributed by atoms with Gasteiger partial charge in [-0.15, -0.1) is 12.4 Å². The van der Waals surface area contributed by atoms with Crippen LogP contribution in [0.1, 0.15) is 36.5 Å². The maximum absolute atomic E-state index is 13.1. The highest BCUT2D eigenvalue weighted by molar-refractivity contribution is 7.88. The molecule has 1 aromatic heterocycles. The van der Waals surface area contributed by atoms with E-state index in [-0.39, 0.29) is 30.1 Å². The number of H-pyrrole nitrogens is 1. The largest absolute Gasteiger partial charge is 0.353 e. The van der Waals surface area contributed by atoms with Gasteiger partial charge in [0.25, 0.3) is 5.91 Å². The molecule has 0 spiro atoms. The Morgan fingerprint density at radius 3 is 2.50 bits per heavy atom. The average Bonchev–Trinajstić information content (AvgIpc) is 3.18. The van der Waals surface area contributed by atoms with Crippen molar-refractivity contribution in [3.05, 3.63) is 23.5 Å². The molecule has 3 rings (SSSR count). The molecule has 0 saturated carbocycles. The number of sulfonamides is 1. The Morgan fingerprint density at radius 1 is 1.32 bits per heavy atom. The zero-order chi connectivity index (χ0) is 20.1. The highest BCUT2D eigenvalue weighted by Gasteiger charge is 2.58. The van der Waals surface area contributed by atoms with Gasteiger partial charge in [-0.3, -0.25) is 9.59 Å². The zero-order valence-corrected chi connectivity index (χ0v) is 18.5. The van der Waals surface area contributed by atoms with E-state index in [0.717, 1.165) is 16.3 Å². The second-order valence-corrected chi connectivity index (χ2v) is 10.0. The molecule has 0 aliphatic carbocycles. The number of carbonyl (C=O) groups excluding carboxylic acids is 2. The van der Waals surface area contributed by atoms with Gasteiger partial charge < -0.3 is 14.8 Å². The molecule has 2 aliphatic heterocycles. The molecule has 1 aromatic rings. The van der Waals surface area contributed by atoms with E-state index in [9.17, 15) is 18.0 Å². The number of carbonyl (C=O) groups is 2. The fraction of sp³-hybridized carbons (Fsp3) is 0.667. The Kier molecular flexibility index (Phi) is 6.52. The van der Waals surface area contributed by atoms with Gasteiger partial charge in [0.15, 0.2) is 0 Å². The van der Waals surface area contributed by atoms with E-state index in [0.29, 0.717) is 25.2 Å². The third-order valence-corrected chi connectivity index (χ3v) is 6.56. The predicted molar refractivity (Wildman–Crippen MR) is 109 cm³/mol. The number of rotatable bonds is 5. The SMILES string of the molecule is CC(C)[C@@H]1C(=O)N(S(C)(=O)=O)[C@@H]2CCN(C(=O)c3ccc(CN(C)C)[nH]3)[C@H]21.Cl. The number of likely N-dealkylation sites (tertiary alicyclic amines) is 1. The molecule has 0 aromatic carbocycles. The van der Waals surface area contributed by atoms with Crippen molar-refractivity contribution in [3.63, 3.8) is 0 Å². The van der Waals surface area contributed by atoms with Crippen molar-refractivity contribution < 1.29 is 18.0 Å². The number of nitrogens with one attached hydrogen (secondary N) is 1. The Labute approximate surface area is 172 Å². The maximum Gasteiger partial charge on any atom is 0.270 e. The van der Waals surface area contributed by atoms with Gasteiger partial charge in [0.1, 0.15) is 5.69 Å². The summed E-state index contributed by atoms with van der Waals surface area (Å²) in [7, 11) is 0.235. The first-order valence-corrected chi connectivity index (χ1v) is 11.0. The molecule has 1 N–H and O–H groups in total. The minimum absolute atomic E-state index is 0. The molecule has 0 unspecified atom stereocenters. The zero-order valence-electron chi connectivity index (χ0n) is 16.9. The number of fused-ring (bicyclic) bond motifs is 1. The first-order valence-electron chi connectivity index (χ1n) is 9.19. The molecule has 8 nitrogen and oxygen atoms in total. The lowest BCUT2D eigenvalue weighted by molar-refractivity contribution is -0.129. The van der Waals surface area contributed by atoms with E-state index in [1.54, 1.807) is 11.0 Å². The predicted octanol–water partition coefficient (Wildman–Crippen LogP) is 1.16. The Balaban J connectivity index is 0.00000280. The van der Waals surface area contributed by atoms with E-state index < -0.39 is 28.0 Å². The normalized spacial score (nSPS) is 24.8. The minimum Gasteiger partial charge on any atom is -0.353 e. The molecule has 2 amide bonds. The standard InChI is InChI=1S/C18H28N4O4S.ClH/c1-11(2)15-16-14(22(18(15)24)27(5,25)26)8-9-21(16)17(23)13-7-6-12(19-13)10-20(3)4;/h6-7,11,14-16,19H,8-10H2,1-5H3;1H/t14-,15+,16-;/m1./s1. The summed E-state index contributed by atoms with van der Waals surface area (Å²) in [6.45, 7) is 4.93. The van der Waals surface area contributed by atoms with Crippen molar-refractivity contribution in [1.29, 1.82) is 0 Å². The van der Waals surface area contributed by atoms with Gasteiger partial charge in [-0.05, 0) is 38.6 Å². The minimum atomic E-state index is -3.66. The topological polar surface area (TPSA) is 93.8 Å². The van der Waals surface area contributed by atoms with Crippen LogP contribution in [0.5, 0.6) is 0 Å². The Hall–Kier alpha value is -1.58. The molecule has 2 aliphatic rings. The number of hydrogen-bond donors (Lipinski definition) is 1. The van der Waals surface area contributed by atoms with Gasteiger partial charge in [-0.25, -0.2) is 12.7 Å². The summed E-state index contributed by atoms with van der Waals surface area (Å²) in [6, 6.07) is 2.74. The van der Waals surface area contributed by atoms with Gasteiger partial charge in [-0.2, -0.15) is 0 Å². The van der Waals surface area contributed by atoms with Crippen molar-refractivity contribution in [2.75, 3.05) is 26.9 Å². The highest BCUT2D eigenvalue weighted by atomic mass is 35.5. The number of aromatic nitrogens is 1. The van der Waals surface area contributed by atoms with Gasteiger partial charge in [0.05, 0.1) is 24.3 Å². The number of amides is 2. The number of aromatic amines is 1. The van der Waals surface area contributed by atoms with E-state index in [2.05, 4.69) is 4.98 Å². The molecule has 0 bridgehead atoms. The second kappa shape index (κ2) is 8.04. The highest BCUT2D eigenvalue weighted by Crippen LogP contribution is 2.41. The summed E-state index contributed by atoms with van der Waals surface area (Å²) in [5.74, 6) is -1.13. The third-order valence-electron chi connectivity index (χ3n) is 5.39. The summed E-state index contributed by atoms with van der Waals surface area (Å²) >= 11 is 0. The van der Waals surface area contributed by atoms with Crippen LogP contribution in [0.25, 0.3) is 0 Å². The average molecular weight is 433 g/mol. The molecule has 0 radical (unpaired) electrons. The molecule has 2 saturated heterocycles. The molecular weight excluding hydrogens is 404 g/mol.